The largest absolute Gasteiger partial charge is 0.478 e. The average Bonchev–Trinajstić information content (AvgIpc) is 2.16. The van der Waals surface area contributed by atoms with E-state index in [4.69, 9.17) is 16.1 Å². The van der Waals surface area contributed by atoms with Crippen LogP contribution in [-0.4, -0.2) is 11.1 Å². The van der Waals surface area contributed by atoms with E-state index in [1.807, 2.05) is 0 Å². The van der Waals surface area contributed by atoms with E-state index in [1.54, 1.807) is 6.07 Å². The maximum Gasteiger partial charge on any atom is 0.339 e. The fraction of sp³-hybridized carbons (Fsp3) is 0.111. The Bertz CT molecular complexity index is 424. The number of hydrogen-bond donors (Lipinski definition) is 2. The van der Waals surface area contributed by atoms with Crippen molar-refractivity contribution < 1.29 is 14.3 Å². The summed E-state index contributed by atoms with van der Waals surface area (Å²) in [4.78, 5) is 10.7. The molecule has 3 N–H and O–H groups in total. The molecular weight excluding hydrogens is 187 g/mol. The Balaban J connectivity index is 3.49. The van der Waals surface area contributed by atoms with Crippen molar-refractivity contribution in [3.05, 3.63) is 34.6 Å². The molecule has 0 aliphatic carbocycles. The van der Waals surface area contributed by atoms with Crippen LogP contribution >= 0.6 is 0 Å². The summed E-state index contributed by atoms with van der Waals surface area (Å²) in [5, 5.41) is 17.2. The van der Waals surface area contributed by atoms with E-state index in [2.05, 4.69) is 0 Å². The number of aromatic carboxylic acids is 1. The smallest absolute Gasteiger partial charge is 0.339 e. The summed E-state index contributed by atoms with van der Waals surface area (Å²) in [6.45, 7) is -0.0791. The van der Waals surface area contributed by atoms with Crippen molar-refractivity contribution in [1.82, 2.24) is 0 Å². The number of carboxylic acids is 1. The van der Waals surface area contributed by atoms with E-state index in [0.717, 1.165) is 0 Å². The molecule has 14 heavy (non-hydrogen) atoms. The summed E-state index contributed by atoms with van der Waals surface area (Å²) >= 11 is 0. The van der Waals surface area contributed by atoms with E-state index in [-0.39, 0.29) is 17.7 Å². The maximum absolute atomic E-state index is 13.3. The molecule has 0 fully saturated rings. The molecule has 0 radical (unpaired) electrons. The summed E-state index contributed by atoms with van der Waals surface area (Å²) < 4.78 is 13.3. The van der Waals surface area contributed by atoms with Gasteiger partial charge in [-0.15, -0.1) is 0 Å². The number of nitrogens with zero attached hydrogens (tertiary/aromatic N) is 1. The Morgan fingerprint density at radius 3 is 2.71 bits per heavy atom. The Hall–Kier alpha value is -1.93. The Morgan fingerprint density at radius 1 is 1.64 bits per heavy atom. The van der Waals surface area contributed by atoms with Gasteiger partial charge in [-0.1, -0.05) is 6.07 Å². The van der Waals surface area contributed by atoms with Crippen LogP contribution in [0.25, 0.3) is 0 Å². The van der Waals surface area contributed by atoms with Crippen molar-refractivity contribution in [1.29, 1.82) is 5.26 Å². The van der Waals surface area contributed by atoms with Crippen molar-refractivity contribution >= 4 is 5.97 Å². The number of halogens is 1. The SMILES string of the molecule is N#Cc1ccc(CN)c(C(=O)O)c1F. The zero-order valence-electron chi connectivity index (χ0n) is 7.12. The molecule has 0 bridgehead atoms. The lowest BCUT2D eigenvalue weighted by Gasteiger charge is -2.05. The van der Waals surface area contributed by atoms with Crippen LogP contribution in [0.4, 0.5) is 4.39 Å². The second-order valence-corrected chi connectivity index (χ2v) is 2.58. The second-order valence-electron chi connectivity index (χ2n) is 2.58. The van der Waals surface area contributed by atoms with Gasteiger partial charge in [0.05, 0.1) is 5.56 Å². The van der Waals surface area contributed by atoms with E-state index in [9.17, 15) is 9.18 Å². The molecule has 72 valence electrons. The minimum absolute atomic E-state index is 0.0791. The molecule has 4 nitrogen and oxygen atoms in total. The number of hydrogen-bond acceptors (Lipinski definition) is 3. The number of carbonyl (C=O) groups is 1. The van der Waals surface area contributed by atoms with Gasteiger partial charge in [-0.25, -0.2) is 9.18 Å². The zero-order chi connectivity index (χ0) is 10.7. The van der Waals surface area contributed by atoms with Crippen LogP contribution in [0.5, 0.6) is 0 Å². The monoisotopic (exact) mass is 194 g/mol. The highest BCUT2D eigenvalue weighted by atomic mass is 19.1. The molecule has 0 heterocycles. The van der Waals surface area contributed by atoms with Gasteiger partial charge < -0.3 is 10.8 Å². The van der Waals surface area contributed by atoms with E-state index in [1.165, 1.54) is 12.1 Å². The lowest BCUT2D eigenvalue weighted by atomic mass is 10.0. The summed E-state index contributed by atoms with van der Waals surface area (Å²) in [6, 6.07) is 4.11. The van der Waals surface area contributed by atoms with Crippen LogP contribution in [0.2, 0.25) is 0 Å². The molecular formula is C9H7FN2O2. The first kappa shape index (κ1) is 10.2. The van der Waals surface area contributed by atoms with Crippen molar-refractivity contribution in [3.63, 3.8) is 0 Å². The normalized spacial score (nSPS) is 9.50. The fourth-order valence-electron chi connectivity index (χ4n) is 1.10. The predicted molar refractivity (Wildman–Crippen MR) is 46.0 cm³/mol. The van der Waals surface area contributed by atoms with E-state index >= 15 is 0 Å². The first-order valence-electron chi connectivity index (χ1n) is 3.76. The maximum atomic E-state index is 13.3. The fourth-order valence-corrected chi connectivity index (χ4v) is 1.10. The third-order valence-corrected chi connectivity index (χ3v) is 1.78. The van der Waals surface area contributed by atoms with Crippen LogP contribution in [-0.2, 0) is 6.54 Å². The number of nitrogens with two attached hydrogens (primary N) is 1. The Morgan fingerprint density at radius 2 is 2.29 bits per heavy atom. The minimum Gasteiger partial charge on any atom is -0.478 e. The molecule has 0 spiro atoms. The van der Waals surface area contributed by atoms with Crippen molar-refractivity contribution in [2.75, 3.05) is 0 Å². The van der Waals surface area contributed by atoms with Gasteiger partial charge in [0.15, 0.2) is 5.82 Å². The lowest BCUT2D eigenvalue weighted by molar-refractivity contribution is 0.0690. The van der Waals surface area contributed by atoms with Crippen molar-refractivity contribution in [2.24, 2.45) is 5.73 Å². The third-order valence-electron chi connectivity index (χ3n) is 1.78. The van der Waals surface area contributed by atoms with Crippen LogP contribution in [0.15, 0.2) is 12.1 Å². The summed E-state index contributed by atoms with van der Waals surface area (Å²) in [5.41, 5.74) is 4.60. The molecule has 0 saturated carbocycles. The Kier molecular flexibility index (Phi) is 2.79. The first-order chi connectivity index (χ1) is 6.61. The number of carboxylic acid groups (broad SMARTS) is 1. The first-order valence-corrected chi connectivity index (χ1v) is 3.76. The highest BCUT2D eigenvalue weighted by molar-refractivity contribution is 5.90. The van der Waals surface area contributed by atoms with Crippen LogP contribution in [0.1, 0.15) is 21.5 Å². The van der Waals surface area contributed by atoms with Gasteiger partial charge in [0.25, 0.3) is 0 Å². The number of rotatable bonds is 2. The van der Waals surface area contributed by atoms with Crippen molar-refractivity contribution in [3.8, 4) is 6.07 Å². The highest BCUT2D eigenvalue weighted by Gasteiger charge is 2.18. The Labute approximate surface area is 79.4 Å². The van der Waals surface area contributed by atoms with E-state index < -0.39 is 17.3 Å². The predicted octanol–water partition coefficient (Wildman–Crippen LogP) is 0.854. The molecule has 1 rings (SSSR count). The third kappa shape index (κ3) is 1.56. The summed E-state index contributed by atoms with van der Waals surface area (Å²) in [7, 11) is 0. The number of benzene rings is 1. The van der Waals surface area contributed by atoms with Gasteiger partial charge in [-0.05, 0) is 11.6 Å². The second kappa shape index (κ2) is 3.85. The number of nitriles is 1. The summed E-state index contributed by atoms with van der Waals surface area (Å²) in [5.74, 6) is -2.44. The standard InChI is InChI=1S/C9H7FN2O2/c10-8-6(4-12)2-1-5(3-11)7(8)9(13)14/h1-2H,3,11H2,(H,13,14). The molecule has 0 aromatic heterocycles. The average molecular weight is 194 g/mol. The van der Waals surface area contributed by atoms with Gasteiger partial charge in [0, 0.05) is 6.54 Å². The molecule has 0 amide bonds. The lowest BCUT2D eigenvalue weighted by Crippen LogP contribution is -2.10. The molecule has 1 aromatic carbocycles. The molecule has 5 heteroatoms. The minimum atomic E-state index is -1.42. The molecule has 0 atom stereocenters. The molecule has 0 aliphatic heterocycles. The topological polar surface area (TPSA) is 87.1 Å². The van der Waals surface area contributed by atoms with Crippen LogP contribution in [0.3, 0.4) is 0 Å². The summed E-state index contributed by atoms with van der Waals surface area (Å²) in [6.07, 6.45) is 0. The van der Waals surface area contributed by atoms with Crippen LogP contribution < -0.4 is 5.73 Å². The van der Waals surface area contributed by atoms with Crippen LogP contribution in [0, 0.1) is 17.1 Å². The quantitative estimate of drug-likeness (QED) is 0.730. The molecule has 1 aromatic rings. The van der Waals surface area contributed by atoms with Crippen molar-refractivity contribution in [2.45, 2.75) is 6.54 Å². The highest BCUT2D eigenvalue weighted by Crippen LogP contribution is 2.17. The molecule has 0 aliphatic rings. The molecule has 0 unspecified atom stereocenters. The molecule has 0 saturated heterocycles. The zero-order valence-corrected chi connectivity index (χ0v) is 7.12. The van der Waals surface area contributed by atoms with Gasteiger partial charge in [0.2, 0.25) is 0 Å². The van der Waals surface area contributed by atoms with Gasteiger partial charge in [0.1, 0.15) is 11.6 Å². The van der Waals surface area contributed by atoms with Gasteiger partial charge in [-0.3, -0.25) is 0 Å². The van der Waals surface area contributed by atoms with E-state index in [0.29, 0.717) is 0 Å². The van der Waals surface area contributed by atoms with Gasteiger partial charge in [-0.2, -0.15) is 5.26 Å². The van der Waals surface area contributed by atoms with Gasteiger partial charge >= 0.3 is 5.97 Å².